The minimum atomic E-state index is -0.890. The third kappa shape index (κ3) is 6.36. The van der Waals surface area contributed by atoms with Crippen LogP contribution in [0.5, 0.6) is 0 Å². The number of rotatable bonds is 4. The van der Waals surface area contributed by atoms with Gasteiger partial charge in [0.15, 0.2) is 0 Å². The Bertz CT molecular complexity index is 102. The molecule has 0 radical (unpaired) electrons. The van der Waals surface area contributed by atoms with Crippen molar-refractivity contribution in [2.24, 2.45) is 5.73 Å². The number of aliphatic carboxylic acids is 1. The van der Waals surface area contributed by atoms with Crippen LogP contribution in [0.25, 0.3) is 0 Å². The molecule has 0 spiro atoms. The third-order valence-corrected chi connectivity index (χ3v) is 2.30. The van der Waals surface area contributed by atoms with Crippen molar-refractivity contribution in [3.05, 3.63) is 0 Å². The van der Waals surface area contributed by atoms with Crippen LogP contribution in [0.2, 0.25) is 11.1 Å². The van der Waals surface area contributed by atoms with Crippen LogP contribution in [0.15, 0.2) is 0 Å². The van der Waals surface area contributed by atoms with Gasteiger partial charge in [-0.15, -0.1) is 12.4 Å². The second-order valence-electron chi connectivity index (χ2n) is 1.73. The van der Waals surface area contributed by atoms with Gasteiger partial charge in [0, 0.05) is 0 Å². The minimum Gasteiger partial charge on any atom is -0.147 e. The van der Waals surface area contributed by atoms with Crippen molar-refractivity contribution >= 4 is 33.3 Å². The molecular weight excluding hydrogens is 220 g/mol. The molecule has 0 aromatic carbocycles. The Morgan fingerprint density at radius 3 is 2.60 bits per heavy atom. The van der Waals surface area contributed by atoms with Crippen molar-refractivity contribution in [1.82, 2.24) is 0 Å². The van der Waals surface area contributed by atoms with Gasteiger partial charge in [0.05, 0.1) is 0 Å². The van der Waals surface area contributed by atoms with Crippen molar-refractivity contribution in [2.75, 3.05) is 0 Å². The van der Waals surface area contributed by atoms with Gasteiger partial charge in [0.1, 0.15) is 0 Å². The first-order valence-corrected chi connectivity index (χ1v) is 5.58. The molecule has 0 aromatic rings. The molecule has 0 saturated carbocycles. The molecular formula is C5H12ClNO2Se. The summed E-state index contributed by atoms with van der Waals surface area (Å²) in [6, 6.07) is -0.646. The zero-order chi connectivity index (χ0) is 7.28. The summed E-state index contributed by atoms with van der Waals surface area (Å²) in [6.45, 7) is 0. The second kappa shape index (κ2) is 7.35. The molecule has 5 heteroatoms. The number of carbonyl (C=O) groups is 1. The Hall–Kier alpha value is 0.239. The van der Waals surface area contributed by atoms with Crippen LogP contribution < -0.4 is 5.73 Å². The van der Waals surface area contributed by atoms with Crippen LogP contribution in [0.4, 0.5) is 0 Å². The van der Waals surface area contributed by atoms with E-state index < -0.39 is 12.0 Å². The van der Waals surface area contributed by atoms with Crippen molar-refractivity contribution < 1.29 is 9.90 Å². The van der Waals surface area contributed by atoms with Crippen LogP contribution >= 0.6 is 12.4 Å². The number of carboxylic acids is 1. The van der Waals surface area contributed by atoms with Gasteiger partial charge in [-0.05, 0) is 0 Å². The number of hydrogen-bond donors (Lipinski definition) is 2. The maximum atomic E-state index is 10.1. The molecule has 0 amide bonds. The first kappa shape index (κ1) is 12.9. The molecule has 3 nitrogen and oxygen atoms in total. The van der Waals surface area contributed by atoms with Crippen molar-refractivity contribution in [3.8, 4) is 0 Å². The van der Waals surface area contributed by atoms with E-state index in [9.17, 15) is 4.79 Å². The van der Waals surface area contributed by atoms with Crippen LogP contribution in [-0.2, 0) is 4.79 Å². The molecule has 0 saturated heterocycles. The Balaban J connectivity index is 0. The van der Waals surface area contributed by atoms with Crippen molar-refractivity contribution in [1.29, 1.82) is 0 Å². The average molecular weight is 233 g/mol. The summed E-state index contributed by atoms with van der Waals surface area (Å²) < 4.78 is 0. The summed E-state index contributed by atoms with van der Waals surface area (Å²) >= 11 is 0.549. The van der Waals surface area contributed by atoms with E-state index in [1.807, 2.05) is 0 Å². The summed E-state index contributed by atoms with van der Waals surface area (Å²) in [4.78, 5) is 10.1. The predicted octanol–water partition coefficient (Wildman–Crippen LogP) is 0.381. The van der Waals surface area contributed by atoms with E-state index in [4.69, 9.17) is 10.8 Å². The van der Waals surface area contributed by atoms with Crippen LogP contribution in [0.3, 0.4) is 0 Å². The molecule has 0 rings (SSSR count). The SMILES string of the molecule is C[Se]CC[C@@H](N)C(=O)O.Cl. The van der Waals surface area contributed by atoms with Crippen LogP contribution in [0.1, 0.15) is 6.42 Å². The summed E-state index contributed by atoms with van der Waals surface area (Å²) in [6.07, 6.45) is 0.617. The van der Waals surface area contributed by atoms with E-state index in [2.05, 4.69) is 5.82 Å². The summed E-state index contributed by atoms with van der Waals surface area (Å²) in [5.41, 5.74) is 5.21. The third-order valence-electron chi connectivity index (χ3n) is 0.950. The van der Waals surface area contributed by atoms with Gasteiger partial charge in [-0.25, -0.2) is 0 Å². The average Bonchev–Trinajstić information content (AvgIpc) is 1.82. The molecule has 0 bridgehead atoms. The molecule has 62 valence electrons. The number of nitrogens with two attached hydrogens (primary N) is 1. The fourth-order valence-corrected chi connectivity index (χ4v) is 1.40. The zero-order valence-corrected chi connectivity index (χ0v) is 8.27. The summed E-state index contributed by atoms with van der Waals surface area (Å²) in [5.74, 6) is 1.18. The first-order valence-electron chi connectivity index (χ1n) is 2.65. The van der Waals surface area contributed by atoms with Crippen molar-refractivity contribution in [2.45, 2.75) is 23.6 Å². The number of carboxylic acid groups (broad SMARTS) is 1. The van der Waals surface area contributed by atoms with Gasteiger partial charge in [-0.3, -0.25) is 0 Å². The molecule has 0 heterocycles. The van der Waals surface area contributed by atoms with Crippen LogP contribution in [0, 0.1) is 0 Å². The largest absolute Gasteiger partial charge is 0.147 e. The fraction of sp³-hybridized carbons (Fsp3) is 0.800. The Labute approximate surface area is 72.9 Å². The predicted molar refractivity (Wildman–Crippen MR) is 43.9 cm³/mol. The van der Waals surface area contributed by atoms with E-state index in [0.29, 0.717) is 21.4 Å². The molecule has 0 aliphatic rings. The first-order chi connectivity index (χ1) is 4.18. The molecule has 10 heavy (non-hydrogen) atoms. The molecule has 0 aliphatic carbocycles. The Kier molecular flexibility index (Phi) is 9.46. The van der Waals surface area contributed by atoms with Gasteiger partial charge in [-0.1, -0.05) is 0 Å². The number of halogens is 1. The number of hydrogen-bond acceptors (Lipinski definition) is 2. The van der Waals surface area contributed by atoms with Gasteiger partial charge in [0.25, 0.3) is 0 Å². The Morgan fingerprint density at radius 2 is 2.30 bits per heavy atom. The van der Waals surface area contributed by atoms with E-state index in [1.165, 1.54) is 0 Å². The smallest absolute Gasteiger partial charge is 0.147 e. The normalized spacial score (nSPS) is 11.8. The quantitative estimate of drug-likeness (QED) is 0.689. The van der Waals surface area contributed by atoms with Crippen LogP contribution in [-0.4, -0.2) is 32.1 Å². The van der Waals surface area contributed by atoms with Gasteiger partial charge >= 0.3 is 60.2 Å². The summed E-state index contributed by atoms with van der Waals surface area (Å²) in [7, 11) is 0. The van der Waals surface area contributed by atoms with Gasteiger partial charge in [0.2, 0.25) is 0 Å². The van der Waals surface area contributed by atoms with Gasteiger partial charge in [-0.2, -0.15) is 0 Å². The van der Waals surface area contributed by atoms with Crippen molar-refractivity contribution in [3.63, 3.8) is 0 Å². The molecule has 1 atom stereocenters. The van der Waals surface area contributed by atoms with E-state index in [-0.39, 0.29) is 12.4 Å². The van der Waals surface area contributed by atoms with E-state index >= 15 is 0 Å². The Morgan fingerprint density at radius 1 is 1.80 bits per heavy atom. The standard InChI is InChI=1S/C5H11NO2Se.ClH/c1-9-3-2-4(6)5(7)8;/h4H,2-3,6H2,1H3,(H,7,8);1H/t4-;/m1./s1. The minimum absolute atomic E-state index is 0. The molecule has 0 fully saturated rings. The molecule has 0 aromatic heterocycles. The molecule has 3 N–H and O–H groups in total. The van der Waals surface area contributed by atoms with Gasteiger partial charge < -0.3 is 0 Å². The maximum Gasteiger partial charge on any atom is -0.147 e. The molecule has 0 aliphatic heterocycles. The fourth-order valence-electron chi connectivity index (χ4n) is 0.368. The molecule has 0 unspecified atom stereocenters. The van der Waals surface area contributed by atoms with E-state index in [1.54, 1.807) is 0 Å². The monoisotopic (exact) mass is 233 g/mol. The maximum absolute atomic E-state index is 10.1. The zero-order valence-electron chi connectivity index (χ0n) is 5.74. The topological polar surface area (TPSA) is 63.3 Å². The second-order valence-corrected chi connectivity index (χ2v) is 3.79. The van der Waals surface area contributed by atoms with E-state index in [0.717, 1.165) is 5.32 Å². The summed E-state index contributed by atoms with van der Waals surface area (Å²) in [5, 5.41) is 9.25.